The van der Waals surface area contributed by atoms with Gasteiger partial charge in [-0.1, -0.05) is 45.1 Å². The molecule has 1 aliphatic heterocycles. The van der Waals surface area contributed by atoms with Gasteiger partial charge in [-0.25, -0.2) is 4.39 Å². The SMILES string of the molecule is C=C(C)/C=C(\C(=C/C)CCN1CCC1)C(C)(C)F.CC(=O)[C@@H](C)CC(C)C. The first-order valence-corrected chi connectivity index (χ1v) is 10.3. The third-order valence-electron chi connectivity index (χ3n) is 4.89. The average molecular weight is 380 g/mol. The molecular weight excluding hydrogens is 337 g/mol. The van der Waals surface area contributed by atoms with Crippen LogP contribution in [0.2, 0.25) is 0 Å². The normalized spacial score (nSPS) is 17.1. The number of Topliss-reactive ketones (excluding diaryl/α,β-unsaturated/α-hetero) is 1. The Bertz CT molecular complexity index is 533. The summed E-state index contributed by atoms with van der Waals surface area (Å²) in [5.74, 6) is 1.21. The molecule has 1 rings (SSSR count). The lowest BCUT2D eigenvalue weighted by atomic mass is 9.88. The van der Waals surface area contributed by atoms with Crippen molar-refractivity contribution in [2.45, 2.75) is 80.3 Å². The number of alkyl halides is 1. The van der Waals surface area contributed by atoms with Gasteiger partial charge in [0.15, 0.2) is 0 Å². The van der Waals surface area contributed by atoms with E-state index < -0.39 is 5.67 Å². The third kappa shape index (κ3) is 11.3. The van der Waals surface area contributed by atoms with Gasteiger partial charge in [-0.15, -0.1) is 0 Å². The number of carbonyl (C=O) groups is 1. The molecular formula is C24H42FNO. The van der Waals surface area contributed by atoms with Crippen molar-refractivity contribution < 1.29 is 9.18 Å². The number of halogens is 1. The molecule has 0 amide bonds. The second-order valence-electron chi connectivity index (χ2n) is 8.78. The molecule has 0 aromatic carbocycles. The quantitative estimate of drug-likeness (QED) is 0.424. The van der Waals surface area contributed by atoms with Crippen molar-refractivity contribution in [2.24, 2.45) is 11.8 Å². The summed E-state index contributed by atoms with van der Waals surface area (Å²) in [6.45, 7) is 22.3. The van der Waals surface area contributed by atoms with Crippen LogP contribution in [0, 0.1) is 11.8 Å². The Morgan fingerprint density at radius 1 is 1.22 bits per heavy atom. The maximum atomic E-state index is 14.3. The minimum absolute atomic E-state index is 0.255. The number of likely N-dealkylation sites (tertiary alicyclic amines) is 1. The molecule has 27 heavy (non-hydrogen) atoms. The largest absolute Gasteiger partial charge is 0.303 e. The average Bonchev–Trinajstić information content (AvgIpc) is 2.46. The molecule has 156 valence electrons. The van der Waals surface area contributed by atoms with Gasteiger partial charge in [0.2, 0.25) is 0 Å². The fourth-order valence-electron chi connectivity index (χ4n) is 3.08. The van der Waals surface area contributed by atoms with Crippen molar-refractivity contribution in [3.63, 3.8) is 0 Å². The Morgan fingerprint density at radius 2 is 1.78 bits per heavy atom. The van der Waals surface area contributed by atoms with Gasteiger partial charge in [0.25, 0.3) is 0 Å². The zero-order valence-corrected chi connectivity index (χ0v) is 19.0. The molecule has 0 N–H and O–H groups in total. The zero-order chi connectivity index (χ0) is 21.2. The standard InChI is InChI=1S/C16H26FN.C8H16O/c1-6-14(8-11-18-9-7-10-18)15(12-13(2)3)16(4,5)17;1-6(2)5-7(3)8(4)9/h6,12H,2,7-11H2,1,3-5H3;6-7H,5H2,1-4H3/b14-6-,15-12+;/t;7-/m.0/s1. The fourth-order valence-corrected chi connectivity index (χ4v) is 3.08. The monoisotopic (exact) mass is 379 g/mol. The van der Waals surface area contributed by atoms with Crippen LogP contribution in [0.1, 0.15) is 74.7 Å². The number of rotatable bonds is 9. The molecule has 0 aromatic rings. The van der Waals surface area contributed by atoms with E-state index in [0.29, 0.717) is 11.7 Å². The molecule has 3 heteroatoms. The number of ketones is 1. The van der Waals surface area contributed by atoms with Crippen LogP contribution in [-0.2, 0) is 4.79 Å². The van der Waals surface area contributed by atoms with Crippen molar-refractivity contribution in [3.8, 4) is 0 Å². The molecule has 1 aliphatic rings. The van der Waals surface area contributed by atoms with Gasteiger partial charge < -0.3 is 4.90 Å². The number of hydrogen-bond acceptors (Lipinski definition) is 2. The summed E-state index contributed by atoms with van der Waals surface area (Å²) in [4.78, 5) is 13.1. The Morgan fingerprint density at radius 3 is 2.04 bits per heavy atom. The van der Waals surface area contributed by atoms with Crippen LogP contribution in [0.25, 0.3) is 0 Å². The van der Waals surface area contributed by atoms with Gasteiger partial charge >= 0.3 is 0 Å². The van der Waals surface area contributed by atoms with Crippen LogP contribution in [-0.4, -0.2) is 36.0 Å². The van der Waals surface area contributed by atoms with Crippen LogP contribution in [0.5, 0.6) is 0 Å². The minimum Gasteiger partial charge on any atom is -0.303 e. The highest BCUT2D eigenvalue weighted by molar-refractivity contribution is 5.77. The van der Waals surface area contributed by atoms with Crippen LogP contribution < -0.4 is 0 Å². The summed E-state index contributed by atoms with van der Waals surface area (Å²) in [6, 6.07) is 0. The maximum Gasteiger partial charge on any atom is 0.132 e. The first kappa shape index (κ1) is 25.8. The second-order valence-corrected chi connectivity index (χ2v) is 8.78. The number of carbonyl (C=O) groups excluding carboxylic acids is 1. The van der Waals surface area contributed by atoms with Crippen molar-refractivity contribution in [3.05, 3.63) is 35.5 Å². The molecule has 1 fully saturated rings. The highest BCUT2D eigenvalue weighted by Crippen LogP contribution is 2.30. The van der Waals surface area contributed by atoms with E-state index in [0.717, 1.165) is 36.1 Å². The van der Waals surface area contributed by atoms with E-state index in [1.165, 1.54) is 19.5 Å². The van der Waals surface area contributed by atoms with E-state index in [-0.39, 0.29) is 5.92 Å². The molecule has 0 saturated carbocycles. The predicted octanol–water partition coefficient (Wildman–Crippen LogP) is 6.54. The Kier molecular flexibility index (Phi) is 11.7. The van der Waals surface area contributed by atoms with Crippen LogP contribution >= 0.6 is 0 Å². The van der Waals surface area contributed by atoms with E-state index in [1.54, 1.807) is 20.8 Å². The Labute approximate surface area is 167 Å². The lowest BCUT2D eigenvalue weighted by Crippen LogP contribution is -2.38. The van der Waals surface area contributed by atoms with E-state index in [9.17, 15) is 9.18 Å². The van der Waals surface area contributed by atoms with Gasteiger partial charge in [-0.3, -0.25) is 4.79 Å². The molecule has 1 atom stereocenters. The highest BCUT2D eigenvalue weighted by atomic mass is 19.1. The van der Waals surface area contributed by atoms with Crippen molar-refractivity contribution in [1.82, 2.24) is 4.90 Å². The molecule has 0 unspecified atom stereocenters. The van der Waals surface area contributed by atoms with Gasteiger partial charge in [-0.05, 0) is 84.0 Å². The molecule has 0 aliphatic carbocycles. The van der Waals surface area contributed by atoms with Gasteiger partial charge in [0, 0.05) is 12.5 Å². The molecule has 1 heterocycles. The first-order chi connectivity index (χ1) is 12.4. The van der Waals surface area contributed by atoms with Gasteiger partial charge in [0.1, 0.15) is 11.5 Å². The number of nitrogens with zero attached hydrogens (tertiary/aromatic N) is 1. The molecule has 0 radical (unpaired) electrons. The lowest BCUT2D eigenvalue weighted by Gasteiger charge is -2.32. The molecule has 1 saturated heterocycles. The van der Waals surface area contributed by atoms with Gasteiger partial charge in [0.05, 0.1) is 0 Å². The summed E-state index contributed by atoms with van der Waals surface area (Å²) in [5, 5.41) is 0. The van der Waals surface area contributed by atoms with E-state index in [1.807, 2.05) is 32.9 Å². The maximum absolute atomic E-state index is 14.3. The van der Waals surface area contributed by atoms with Crippen LogP contribution in [0.15, 0.2) is 35.5 Å². The predicted molar refractivity (Wildman–Crippen MR) is 117 cm³/mol. The van der Waals surface area contributed by atoms with Crippen LogP contribution in [0.3, 0.4) is 0 Å². The molecule has 0 spiro atoms. The van der Waals surface area contributed by atoms with E-state index >= 15 is 0 Å². The molecule has 2 nitrogen and oxygen atoms in total. The summed E-state index contributed by atoms with van der Waals surface area (Å²) in [5.41, 5.74) is 1.48. The minimum atomic E-state index is -1.31. The lowest BCUT2D eigenvalue weighted by molar-refractivity contribution is -0.120. The Balaban J connectivity index is 0.000000636. The van der Waals surface area contributed by atoms with E-state index in [2.05, 4.69) is 25.3 Å². The smallest absolute Gasteiger partial charge is 0.132 e. The first-order valence-electron chi connectivity index (χ1n) is 10.3. The fraction of sp³-hybridized carbons (Fsp3) is 0.708. The summed E-state index contributed by atoms with van der Waals surface area (Å²) < 4.78 is 14.3. The van der Waals surface area contributed by atoms with Crippen molar-refractivity contribution in [2.75, 3.05) is 19.6 Å². The molecule has 0 bridgehead atoms. The topological polar surface area (TPSA) is 20.3 Å². The second kappa shape index (κ2) is 12.3. The third-order valence-corrected chi connectivity index (χ3v) is 4.89. The summed E-state index contributed by atoms with van der Waals surface area (Å²) in [6.07, 6.45) is 7.16. The van der Waals surface area contributed by atoms with E-state index in [4.69, 9.17) is 0 Å². The van der Waals surface area contributed by atoms with Crippen molar-refractivity contribution >= 4 is 5.78 Å². The highest BCUT2D eigenvalue weighted by Gasteiger charge is 2.25. The summed E-state index contributed by atoms with van der Waals surface area (Å²) >= 11 is 0. The molecule has 0 aromatic heterocycles. The Hall–Kier alpha value is -1.22. The van der Waals surface area contributed by atoms with Crippen molar-refractivity contribution in [1.29, 1.82) is 0 Å². The van der Waals surface area contributed by atoms with Gasteiger partial charge in [-0.2, -0.15) is 0 Å². The summed E-state index contributed by atoms with van der Waals surface area (Å²) in [7, 11) is 0. The zero-order valence-electron chi connectivity index (χ0n) is 19.0. The number of hydrogen-bond donors (Lipinski definition) is 0. The van der Waals surface area contributed by atoms with Crippen LogP contribution in [0.4, 0.5) is 4.39 Å². The number of allylic oxidation sites excluding steroid dienone is 4.